The van der Waals surface area contributed by atoms with Crippen LogP contribution in [-0.4, -0.2) is 17.0 Å². The quantitative estimate of drug-likeness (QED) is 0.872. The molecule has 106 valence electrons. The fourth-order valence-corrected chi connectivity index (χ4v) is 2.96. The van der Waals surface area contributed by atoms with E-state index in [4.69, 9.17) is 0 Å². The minimum absolute atomic E-state index is 0.825. The highest BCUT2D eigenvalue weighted by atomic mass is 32.2. The van der Waals surface area contributed by atoms with E-state index in [1.807, 2.05) is 20.9 Å². The van der Waals surface area contributed by atoms with Gasteiger partial charge in [0.25, 0.3) is 0 Å². The van der Waals surface area contributed by atoms with Crippen molar-refractivity contribution in [1.82, 2.24) is 15.3 Å². The van der Waals surface area contributed by atoms with Crippen LogP contribution in [-0.2, 0) is 6.54 Å². The van der Waals surface area contributed by atoms with Crippen molar-refractivity contribution in [3.8, 4) is 0 Å². The Morgan fingerprint density at radius 2 is 1.70 bits per heavy atom. The highest BCUT2D eigenvalue weighted by molar-refractivity contribution is 7.99. The summed E-state index contributed by atoms with van der Waals surface area (Å²) in [6.07, 6.45) is 0. The minimum Gasteiger partial charge on any atom is -0.316 e. The standard InChI is InChI=1S/C16H21N3S/c1-10-8-15(7-6-14(10)9-17-5)20-16-18-12(3)11(2)13(4)19-16/h6-8,17H,9H2,1-5H3. The van der Waals surface area contributed by atoms with E-state index in [1.54, 1.807) is 11.8 Å². The van der Waals surface area contributed by atoms with E-state index in [-0.39, 0.29) is 0 Å². The Hall–Kier alpha value is -1.39. The number of aryl methyl sites for hydroxylation is 3. The lowest BCUT2D eigenvalue weighted by molar-refractivity contribution is 0.810. The Morgan fingerprint density at radius 3 is 2.25 bits per heavy atom. The predicted molar refractivity (Wildman–Crippen MR) is 84.3 cm³/mol. The molecule has 4 heteroatoms. The van der Waals surface area contributed by atoms with Crippen molar-refractivity contribution < 1.29 is 0 Å². The molecular formula is C16H21N3S. The second-order valence-electron chi connectivity index (χ2n) is 5.02. The maximum atomic E-state index is 4.56. The summed E-state index contributed by atoms with van der Waals surface area (Å²) in [7, 11) is 1.97. The van der Waals surface area contributed by atoms with E-state index in [1.165, 1.54) is 21.6 Å². The highest BCUT2D eigenvalue weighted by Crippen LogP contribution is 2.27. The molecule has 0 saturated heterocycles. The number of nitrogens with one attached hydrogen (secondary N) is 1. The Kier molecular flexibility index (Phi) is 4.78. The van der Waals surface area contributed by atoms with E-state index in [9.17, 15) is 0 Å². The van der Waals surface area contributed by atoms with Gasteiger partial charge in [-0.3, -0.25) is 0 Å². The first-order valence-electron chi connectivity index (χ1n) is 6.75. The molecule has 1 aromatic heterocycles. The predicted octanol–water partition coefficient (Wildman–Crippen LogP) is 3.58. The average Bonchev–Trinajstić information content (AvgIpc) is 2.39. The minimum atomic E-state index is 0.825. The molecule has 0 aliphatic rings. The Labute approximate surface area is 125 Å². The van der Waals surface area contributed by atoms with Gasteiger partial charge >= 0.3 is 0 Å². The Morgan fingerprint density at radius 1 is 1.05 bits per heavy atom. The topological polar surface area (TPSA) is 37.8 Å². The van der Waals surface area contributed by atoms with Crippen LogP contribution in [0.25, 0.3) is 0 Å². The first kappa shape index (κ1) is 15.0. The number of hydrogen-bond donors (Lipinski definition) is 1. The molecule has 1 N–H and O–H groups in total. The third-order valence-corrected chi connectivity index (χ3v) is 4.36. The van der Waals surface area contributed by atoms with Gasteiger partial charge in [-0.15, -0.1) is 0 Å². The number of hydrogen-bond acceptors (Lipinski definition) is 4. The maximum absolute atomic E-state index is 4.56. The van der Waals surface area contributed by atoms with Gasteiger partial charge in [-0.1, -0.05) is 6.07 Å². The van der Waals surface area contributed by atoms with Crippen LogP contribution in [0.5, 0.6) is 0 Å². The molecule has 20 heavy (non-hydrogen) atoms. The van der Waals surface area contributed by atoms with Crippen LogP contribution in [0.2, 0.25) is 0 Å². The first-order chi connectivity index (χ1) is 9.51. The molecule has 0 fully saturated rings. The van der Waals surface area contributed by atoms with Crippen molar-refractivity contribution in [2.45, 2.75) is 44.3 Å². The van der Waals surface area contributed by atoms with E-state index < -0.39 is 0 Å². The monoisotopic (exact) mass is 287 g/mol. The molecule has 0 unspecified atom stereocenters. The summed E-state index contributed by atoms with van der Waals surface area (Å²) in [6.45, 7) is 9.18. The van der Waals surface area contributed by atoms with E-state index in [0.717, 1.165) is 23.1 Å². The highest BCUT2D eigenvalue weighted by Gasteiger charge is 2.07. The normalized spacial score (nSPS) is 10.8. The van der Waals surface area contributed by atoms with Crippen molar-refractivity contribution in [1.29, 1.82) is 0 Å². The zero-order valence-corrected chi connectivity index (χ0v) is 13.6. The summed E-state index contributed by atoms with van der Waals surface area (Å²) in [4.78, 5) is 10.3. The Balaban J connectivity index is 2.24. The second kappa shape index (κ2) is 6.37. The van der Waals surface area contributed by atoms with E-state index >= 15 is 0 Å². The molecule has 0 atom stereocenters. The number of aromatic nitrogens is 2. The van der Waals surface area contributed by atoms with Crippen molar-refractivity contribution in [2.75, 3.05) is 7.05 Å². The molecule has 2 aromatic rings. The fourth-order valence-electron chi connectivity index (χ4n) is 2.01. The zero-order chi connectivity index (χ0) is 14.7. The van der Waals surface area contributed by atoms with Crippen molar-refractivity contribution >= 4 is 11.8 Å². The van der Waals surface area contributed by atoms with Gasteiger partial charge in [-0.05, 0) is 75.3 Å². The third-order valence-electron chi connectivity index (χ3n) is 3.50. The van der Waals surface area contributed by atoms with Crippen LogP contribution in [0.15, 0.2) is 28.3 Å². The van der Waals surface area contributed by atoms with E-state index in [2.05, 4.69) is 47.3 Å². The Bertz CT molecular complexity index is 600. The summed E-state index contributed by atoms with van der Waals surface area (Å²) in [5.74, 6) is 0. The van der Waals surface area contributed by atoms with Crippen LogP contribution in [0.4, 0.5) is 0 Å². The largest absolute Gasteiger partial charge is 0.316 e. The van der Waals surface area contributed by atoms with Gasteiger partial charge < -0.3 is 5.32 Å². The van der Waals surface area contributed by atoms with Gasteiger partial charge in [0.1, 0.15) is 0 Å². The van der Waals surface area contributed by atoms with Gasteiger partial charge in [-0.25, -0.2) is 9.97 Å². The lowest BCUT2D eigenvalue weighted by atomic mass is 10.1. The van der Waals surface area contributed by atoms with Gasteiger partial charge in [0.2, 0.25) is 0 Å². The van der Waals surface area contributed by atoms with Crippen LogP contribution in [0, 0.1) is 27.7 Å². The molecule has 0 bridgehead atoms. The molecule has 1 heterocycles. The second-order valence-corrected chi connectivity index (χ2v) is 6.06. The number of benzene rings is 1. The summed E-state index contributed by atoms with van der Waals surface area (Å²) in [5.41, 5.74) is 5.92. The van der Waals surface area contributed by atoms with Gasteiger partial charge in [-0.2, -0.15) is 0 Å². The smallest absolute Gasteiger partial charge is 0.192 e. The summed E-state index contributed by atoms with van der Waals surface area (Å²) < 4.78 is 0. The van der Waals surface area contributed by atoms with Crippen molar-refractivity contribution in [3.63, 3.8) is 0 Å². The molecule has 0 aliphatic carbocycles. The third kappa shape index (κ3) is 3.38. The summed E-state index contributed by atoms with van der Waals surface area (Å²) >= 11 is 1.62. The summed E-state index contributed by atoms with van der Waals surface area (Å²) in [6, 6.07) is 6.51. The molecule has 1 aromatic carbocycles. The van der Waals surface area contributed by atoms with Gasteiger partial charge in [0.15, 0.2) is 5.16 Å². The molecule has 2 rings (SSSR count). The van der Waals surface area contributed by atoms with Crippen molar-refractivity contribution in [2.24, 2.45) is 0 Å². The zero-order valence-electron chi connectivity index (χ0n) is 12.7. The molecule has 0 amide bonds. The number of nitrogens with zero attached hydrogens (tertiary/aromatic N) is 2. The fraction of sp³-hybridized carbons (Fsp3) is 0.375. The molecular weight excluding hydrogens is 266 g/mol. The average molecular weight is 287 g/mol. The van der Waals surface area contributed by atoms with Crippen molar-refractivity contribution in [3.05, 3.63) is 46.3 Å². The lowest BCUT2D eigenvalue weighted by Gasteiger charge is -2.09. The first-order valence-corrected chi connectivity index (χ1v) is 7.56. The maximum Gasteiger partial charge on any atom is 0.192 e. The van der Waals surface area contributed by atoms with Crippen LogP contribution in [0.3, 0.4) is 0 Å². The molecule has 0 radical (unpaired) electrons. The lowest BCUT2D eigenvalue weighted by Crippen LogP contribution is -2.06. The van der Waals surface area contributed by atoms with Gasteiger partial charge in [0, 0.05) is 22.8 Å². The molecule has 0 saturated carbocycles. The van der Waals surface area contributed by atoms with Crippen LogP contribution >= 0.6 is 11.8 Å². The van der Waals surface area contributed by atoms with Crippen LogP contribution < -0.4 is 5.32 Å². The molecule has 0 aliphatic heterocycles. The molecule has 0 spiro atoms. The molecule has 3 nitrogen and oxygen atoms in total. The number of rotatable bonds is 4. The van der Waals surface area contributed by atoms with Gasteiger partial charge in [0.05, 0.1) is 0 Å². The summed E-state index contributed by atoms with van der Waals surface area (Å²) in [5, 5.41) is 4.01. The van der Waals surface area contributed by atoms with Crippen LogP contribution in [0.1, 0.15) is 28.1 Å². The SMILES string of the molecule is CNCc1ccc(Sc2nc(C)c(C)c(C)n2)cc1C. The van der Waals surface area contributed by atoms with E-state index in [0.29, 0.717) is 0 Å².